The number of amides is 2. The Hall–Kier alpha value is -2.91. The van der Waals surface area contributed by atoms with Gasteiger partial charge in [0.15, 0.2) is 0 Å². The lowest BCUT2D eigenvalue weighted by Gasteiger charge is -2.48. The molecule has 1 aromatic heterocycles. The minimum atomic E-state index is -0.228. The predicted molar refractivity (Wildman–Crippen MR) is 108 cm³/mol. The van der Waals surface area contributed by atoms with E-state index in [2.05, 4.69) is 65.7 Å². The van der Waals surface area contributed by atoms with E-state index in [0.717, 1.165) is 25.7 Å². The summed E-state index contributed by atoms with van der Waals surface area (Å²) < 4.78 is 0. The van der Waals surface area contributed by atoms with Gasteiger partial charge in [-0.25, -0.2) is 4.79 Å². The van der Waals surface area contributed by atoms with E-state index in [-0.39, 0.29) is 17.1 Å². The lowest BCUT2D eigenvalue weighted by atomic mass is 9.69. The van der Waals surface area contributed by atoms with Crippen molar-refractivity contribution in [2.75, 3.05) is 25.5 Å². The molecule has 1 aliphatic heterocycles. The van der Waals surface area contributed by atoms with Gasteiger partial charge in [-0.1, -0.05) is 30.3 Å². The minimum absolute atomic E-state index is 0.00701. The van der Waals surface area contributed by atoms with E-state index in [9.17, 15) is 4.79 Å². The summed E-state index contributed by atoms with van der Waals surface area (Å²) in [5.41, 5.74) is 2.24. The molecule has 1 aromatic carbocycles. The summed E-state index contributed by atoms with van der Waals surface area (Å²) in [7, 11) is 4.28. The van der Waals surface area contributed by atoms with Crippen molar-refractivity contribution in [3.05, 3.63) is 59.9 Å². The van der Waals surface area contributed by atoms with Crippen molar-refractivity contribution in [2.45, 2.75) is 36.8 Å². The first-order valence-corrected chi connectivity index (χ1v) is 9.66. The molecule has 0 bridgehead atoms. The van der Waals surface area contributed by atoms with Crippen LogP contribution in [0.15, 0.2) is 48.8 Å². The maximum absolute atomic E-state index is 12.7. The van der Waals surface area contributed by atoms with Gasteiger partial charge in [0, 0.05) is 11.7 Å². The van der Waals surface area contributed by atoms with Gasteiger partial charge in [0.2, 0.25) is 0 Å². The maximum Gasteiger partial charge on any atom is 0.322 e. The molecule has 1 saturated carbocycles. The first-order chi connectivity index (χ1) is 13.5. The average Bonchev–Trinajstić information content (AvgIpc) is 3.05. The number of benzene rings is 1. The summed E-state index contributed by atoms with van der Waals surface area (Å²) >= 11 is 0. The van der Waals surface area contributed by atoms with Crippen molar-refractivity contribution in [3.8, 4) is 6.07 Å². The number of nitrogens with one attached hydrogen (secondary N) is 1. The van der Waals surface area contributed by atoms with Gasteiger partial charge in [0.25, 0.3) is 0 Å². The number of aromatic nitrogens is 1. The summed E-state index contributed by atoms with van der Waals surface area (Å²) in [4.78, 5) is 20.9. The van der Waals surface area contributed by atoms with Gasteiger partial charge in [0.05, 0.1) is 29.5 Å². The van der Waals surface area contributed by atoms with E-state index < -0.39 is 0 Å². The normalized spacial score (nSPS) is 27.1. The fraction of sp³-hybridized carbons (Fsp3) is 0.409. The molecule has 144 valence electrons. The molecule has 4 rings (SSSR count). The highest BCUT2D eigenvalue weighted by Crippen LogP contribution is 2.46. The summed E-state index contributed by atoms with van der Waals surface area (Å²) in [6.45, 7) is 0.612. The van der Waals surface area contributed by atoms with Crippen LogP contribution < -0.4 is 10.2 Å². The molecule has 2 fully saturated rings. The second-order valence-electron chi connectivity index (χ2n) is 8.13. The predicted octanol–water partition coefficient (Wildman–Crippen LogP) is 3.25. The summed E-state index contributed by atoms with van der Waals surface area (Å²) in [6, 6.07) is 14.4. The maximum atomic E-state index is 12.7. The number of hydrogen-bond acceptors (Lipinski definition) is 4. The highest BCUT2D eigenvalue weighted by molar-refractivity contribution is 5.95. The highest BCUT2D eigenvalue weighted by atomic mass is 16.2. The Morgan fingerprint density at radius 3 is 2.50 bits per heavy atom. The zero-order chi connectivity index (χ0) is 19.8. The lowest BCUT2D eigenvalue weighted by Crippen LogP contribution is -2.54. The lowest BCUT2D eigenvalue weighted by molar-refractivity contribution is 0.0658. The van der Waals surface area contributed by atoms with Crippen LogP contribution in [-0.4, -0.2) is 42.1 Å². The molecule has 1 spiro atoms. The second-order valence-corrected chi connectivity index (χ2v) is 8.13. The van der Waals surface area contributed by atoms with Crippen LogP contribution in [0.25, 0.3) is 0 Å². The van der Waals surface area contributed by atoms with Crippen LogP contribution in [0.1, 0.15) is 36.8 Å². The fourth-order valence-electron chi connectivity index (χ4n) is 4.72. The zero-order valence-electron chi connectivity index (χ0n) is 16.4. The number of nitriles is 1. The van der Waals surface area contributed by atoms with E-state index in [0.29, 0.717) is 17.8 Å². The molecular weight excluding hydrogens is 350 g/mol. The molecule has 2 aromatic rings. The molecule has 1 N–H and O–H groups in total. The van der Waals surface area contributed by atoms with Crippen molar-refractivity contribution >= 4 is 11.7 Å². The molecule has 6 nitrogen and oxygen atoms in total. The third kappa shape index (κ3) is 3.02. The van der Waals surface area contributed by atoms with Crippen molar-refractivity contribution in [3.63, 3.8) is 0 Å². The number of hydrogen-bond donors (Lipinski definition) is 1. The zero-order valence-corrected chi connectivity index (χ0v) is 16.4. The third-order valence-corrected chi connectivity index (χ3v) is 6.44. The first-order valence-electron chi connectivity index (χ1n) is 9.66. The molecule has 0 unspecified atom stereocenters. The molecule has 0 atom stereocenters. The van der Waals surface area contributed by atoms with Crippen LogP contribution in [0.5, 0.6) is 0 Å². The fourth-order valence-corrected chi connectivity index (χ4v) is 4.72. The van der Waals surface area contributed by atoms with Gasteiger partial charge in [-0.05, 0) is 51.4 Å². The van der Waals surface area contributed by atoms with Gasteiger partial charge in [0.1, 0.15) is 6.07 Å². The van der Waals surface area contributed by atoms with Crippen molar-refractivity contribution < 1.29 is 4.79 Å². The largest absolute Gasteiger partial charge is 0.330 e. The third-order valence-electron chi connectivity index (χ3n) is 6.44. The van der Waals surface area contributed by atoms with Gasteiger partial charge in [-0.15, -0.1) is 0 Å². The van der Waals surface area contributed by atoms with Gasteiger partial charge < -0.3 is 5.32 Å². The molecule has 2 aliphatic rings. The van der Waals surface area contributed by atoms with E-state index in [4.69, 9.17) is 5.26 Å². The van der Waals surface area contributed by atoms with Crippen molar-refractivity contribution in [1.29, 1.82) is 5.26 Å². The van der Waals surface area contributed by atoms with E-state index in [1.807, 2.05) is 0 Å². The quantitative estimate of drug-likeness (QED) is 0.894. The molecule has 1 aliphatic carbocycles. The van der Waals surface area contributed by atoms with E-state index in [1.165, 1.54) is 11.8 Å². The molecule has 2 amide bonds. The van der Waals surface area contributed by atoms with Crippen LogP contribution in [0.3, 0.4) is 0 Å². The Bertz CT molecular complexity index is 910. The summed E-state index contributed by atoms with van der Waals surface area (Å²) in [5.74, 6) is 0. The number of anilines is 1. The topological polar surface area (TPSA) is 72.3 Å². The highest BCUT2D eigenvalue weighted by Gasteiger charge is 2.50. The van der Waals surface area contributed by atoms with Gasteiger partial charge in [-0.3, -0.25) is 14.8 Å². The van der Waals surface area contributed by atoms with Crippen LogP contribution in [0, 0.1) is 11.3 Å². The SMILES string of the molecule is CN(C)[C@]1(c2ccccc2)CC[C@]2(CC1)CN(c1cncc(C#N)c1)C(=O)N2. The first kappa shape index (κ1) is 18.5. The Morgan fingerprint density at radius 1 is 1.14 bits per heavy atom. The Morgan fingerprint density at radius 2 is 1.86 bits per heavy atom. The molecule has 2 heterocycles. The van der Waals surface area contributed by atoms with Crippen LogP contribution in [0.2, 0.25) is 0 Å². The minimum Gasteiger partial charge on any atom is -0.330 e. The number of rotatable bonds is 3. The van der Waals surface area contributed by atoms with Crippen LogP contribution >= 0.6 is 0 Å². The molecule has 6 heteroatoms. The molecule has 28 heavy (non-hydrogen) atoms. The van der Waals surface area contributed by atoms with Crippen LogP contribution in [-0.2, 0) is 5.54 Å². The molecule has 0 radical (unpaired) electrons. The van der Waals surface area contributed by atoms with Gasteiger partial charge in [-0.2, -0.15) is 5.26 Å². The number of urea groups is 1. The second kappa shape index (κ2) is 6.92. The van der Waals surface area contributed by atoms with E-state index >= 15 is 0 Å². The Kier molecular flexibility index (Phi) is 4.56. The summed E-state index contributed by atoms with van der Waals surface area (Å²) in [6.07, 6.45) is 6.94. The molecular formula is C22H25N5O. The Balaban J connectivity index is 1.56. The van der Waals surface area contributed by atoms with Gasteiger partial charge >= 0.3 is 6.03 Å². The standard InChI is InChI=1S/C22H25N5O/c1-26(2)22(18-6-4-3-5-7-18)10-8-21(9-11-22)16-27(20(28)25-21)19-12-17(13-23)14-24-15-19/h3-7,12,14-15H,8-11,16H2,1-2H3,(H,25,28)/t21-,22+. The van der Waals surface area contributed by atoms with Crippen molar-refractivity contribution in [2.24, 2.45) is 0 Å². The van der Waals surface area contributed by atoms with Crippen LogP contribution in [0.4, 0.5) is 10.5 Å². The number of carbonyl (C=O) groups excluding carboxylic acids is 1. The molecule has 1 saturated heterocycles. The summed E-state index contributed by atoms with van der Waals surface area (Å²) in [5, 5.41) is 12.4. The number of nitrogens with zero attached hydrogens (tertiary/aromatic N) is 4. The number of pyridine rings is 1. The smallest absolute Gasteiger partial charge is 0.322 e. The van der Waals surface area contributed by atoms with Crippen molar-refractivity contribution in [1.82, 2.24) is 15.2 Å². The monoisotopic (exact) mass is 375 g/mol. The van der Waals surface area contributed by atoms with E-state index in [1.54, 1.807) is 17.2 Å². The number of carbonyl (C=O) groups is 1. The average molecular weight is 375 g/mol. The Labute approximate surface area is 165 Å².